The van der Waals surface area contributed by atoms with Crippen LogP contribution in [0.5, 0.6) is 11.5 Å². The van der Waals surface area contributed by atoms with Gasteiger partial charge in [0.15, 0.2) is 11.6 Å². The lowest BCUT2D eigenvalue weighted by Crippen LogP contribution is -2.31. The summed E-state index contributed by atoms with van der Waals surface area (Å²) in [7, 11) is 0. The minimum absolute atomic E-state index is 0.0374. The van der Waals surface area contributed by atoms with E-state index in [0.717, 1.165) is 11.6 Å². The Morgan fingerprint density at radius 3 is 2.31 bits per heavy atom. The van der Waals surface area contributed by atoms with Gasteiger partial charge in [0.2, 0.25) is 0 Å². The number of carboxylic acids is 1. The number of carboxylic acid groups (broad SMARTS) is 1. The second kappa shape index (κ2) is 9.04. The minimum atomic E-state index is -1.06. The van der Waals surface area contributed by atoms with Crippen LogP contribution in [0, 0.1) is 24.4 Å². The van der Waals surface area contributed by atoms with Crippen LogP contribution in [0.4, 0.5) is 13.2 Å². The maximum atomic E-state index is 14.5. The van der Waals surface area contributed by atoms with Crippen molar-refractivity contribution in [3.05, 3.63) is 83.2 Å². The van der Waals surface area contributed by atoms with Crippen molar-refractivity contribution in [2.75, 3.05) is 6.61 Å². The molecule has 166 valence electrons. The summed E-state index contributed by atoms with van der Waals surface area (Å²) in [5.41, 5.74) is 1.99. The fraction of sp³-hybridized carbons (Fsp3) is 0.240. The first-order chi connectivity index (χ1) is 15.3. The minimum Gasteiger partial charge on any atom is -0.480 e. The molecule has 1 N–H and O–H groups in total. The van der Waals surface area contributed by atoms with Crippen LogP contribution in [0.2, 0.25) is 0 Å². The Morgan fingerprint density at radius 1 is 0.969 bits per heavy atom. The van der Waals surface area contributed by atoms with Gasteiger partial charge < -0.3 is 14.6 Å². The average molecular weight is 442 g/mol. The van der Waals surface area contributed by atoms with Gasteiger partial charge in [0.1, 0.15) is 23.9 Å². The van der Waals surface area contributed by atoms with Gasteiger partial charge in [-0.15, -0.1) is 0 Å². The van der Waals surface area contributed by atoms with Crippen LogP contribution in [0.3, 0.4) is 0 Å². The fourth-order valence-corrected chi connectivity index (χ4v) is 3.70. The van der Waals surface area contributed by atoms with E-state index in [1.54, 1.807) is 31.2 Å². The van der Waals surface area contributed by atoms with Crippen molar-refractivity contribution < 1.29 is 32.5 Å². The molecule has 0 spiro atoms. The van der Waals surface area contributed by atoms with E-state index in [-0.39, 0.29) is 35.7 Å². The zero-order chi connectivity index (χ0) is 22.8. The molecule has 0 bridgehead atoms. The second-order valence-corrected chi connectivity index (χ2v) is 7.90. The first-order valence-corrected chi connectivity index (χ1v) is 10.2. The molecule has 0 saturated heterocycles. The van der Waals surface area contributed by atoms with Gasteiger partial charge in [0.05, 0.1) is 6.10 Å². The Labute approximate surface area is 183 Å². The number of hydrogen-bond donors (Lipinski definition) is 1. The largest absolute Gasteiger partial charge is 0.480 e. The van der Waals surface area contributed by atoms with Gasteiger partial charge in [-0.25, -0.2) is 18.0 Å². The normalized spacial score (nSPS) is 17.6. The Morgan fingerprint density at radius 2 is 1.66 bits per heavy atom. The molecule has 3 aromatic rings. The van der Waals surface area contributed by atoms with Crippen molar-refractivity contribution in [2.45, 2.75) is 31.8 Å². The highest BCUT2D eigenvalue weighted by Gasteiger charge is 2.31. The number of hydrogen-bond acceptors (Lipinski definition) is 3. The molecular weight excluding hydrogens is 421 g/mol. The molecule has 0 amide bonds. The number of aryl methyl sites for hydroxylation is 1. The van der Waals surface area contributed by atoms with Crippen LogP contribution in [-0.2, 0) is 9.53 Å². The predicted octanol–water partition coefficient (Wildman–Crippen LogP) is 6.22. The highest BCUT2D eigenvalue weighted by molar-refractivity contribution is 5.68. The number of halogens is 3. The van der Waals surface area contributed by atoms with Crippen LogP contribution >= 0.6 is 0 Å². The van der Waals surface area contributed by atoms with Crippen molar-refractivity contribution in [2.24, 2.45) is 0 Å². The van der Waals surface area contributed by atoms with E-state index in [2.05, 4.69) is 0 Å². The molecule has 4 nitrogen and oxygen atoms in total. The first-order valence-electron chi connectivity index (χ1n) is 10.2. The molecule has 7 heteroatoms. The van der Waals surface area contributed by atoms with Crippen LogP contribution in [0.25, 0.3) is 11.1 Å². The van der Waals surface area contributed by atoms with Crippen LogP contribution < -0.4 is 4.74 Å². The molecule has 0 aromatic heterocycles. The number of benzene rings is 3. The third-order valence-corrected chi connectivity index (χ3v) is 5.61. The van der Waals surface area contributed by atoms with Gasteiger partial charge in [-0.3, -0.25) is 0 Å². The monoisotopic (exact) mass is 442 g/mol. The van der Waals surface area contributed by atoms with Crippen LogP contribution in [-0.4, -0.2) is 23.8 Å². The smallest absolute Gasteiger partial charge is 0.329 e. The quantitative estimate of drug-likeness (QED) is 0.472. The van der Waals surface area contributed by atoms with E-state index in [0.29, 0.717) is 24.0 Å². The average Bonchev–Trinajstić information content (AvgIpc) is 2.72. The number of carbonyl (C=O) groups is 1. The zero-order valence-corrected chi connectivity index (χ0v) is 17.3. The van der Waals surface area contributed by atoms with Gasteiger partial charge in [0, 0.05) is 17.7 Å². The van der Waals surface area contributed by atoms with E-state index in [9.17, 15) is 18.0 Å². The molecule has 0 heterocycles. The summed E-state index contributed by atoms with van der Waals surface area (Å²) in [6, 6.07) is 13.7. The Balaban J connectivity index is 1.49. The van der Waals surface area contributed by atoms with Gasteiger partial charge in [-0.05, 0) is 54.5 Å². The molecule has 1 aliphatic carbocycles. The summed E-state index contributed by atoms with van der Waals surface area (Å²) < 4.78 is 53.3. The highest BCUT2D eigenvalue weighted by Crippen LogP contribution is 2.40. The number of rotatable bonds is 7. The van der Waals surface area contributed by atoms with Crippen molar-refractivity contribution in [1.82, 2.24) is 0 Å². The zero-order valence-electron chi connectivity index (χ0n) is 17.3. The van der Waals surface area contributed by atoms with Crippen molar-refractivity contribution >= 4 is 5.97 Å². The Kier molecular flexibility index (Phi) is 6.19. The summed E-state index contributed by atoms with van der Waals surface area (Å²) >= 11 is 0. The molecule has 0 atom stereocenters. The molecule has 0 radical (unpaired) electrons. The molecule has 0 aliphatic heterocycles. The summed E-state index contributed by atoms with van der Waals surface area (Å²) in [5, 5.41) is 8.66. The summed E-state index contributed by atoms with van der Waals surface area (Å²) in [4.78, 5) is 10.6. The lowest BCUT2D eigenvalue weighted by Gasteiger charge is -2.35. The van der Waals surface area contributed by atoms with Crippen molar-refractivity contribution in [3.8, 4) is 22.6 Å². The summed E-state index contributed by atoms with van der Waals surface area (Å²) in [5.74, 6) is -3.03. The molecule has 1 aliphatic rings. The SMILES string of the molecule is Cc1ccc(Oc2cc(F)c(F)c(-c3ccc(C4CC(OCC(=O)O)C4)cc3)c2)cc1F. The lowest BCUT2D eigenvalue weighted by atomic mass is 9.77. The molecule has 1 fully saturated rings. The van der Waals surface area contributed by atoms with E-state index >= 15 is 0 Å². The Hall–Kier alpha value is -3.32. The van der Waals surface area contributed by atoms with Gasteiger partial charge in [-0.1, -0.05) is 30.3 Å². The van der Waals surface area contributed by atoms with E-state index in [1.807, 2.05) is 12.1 Å². The summed E-state index contributed by atoms with van der Waals surface area (Å²) in [6.45, 7) is 1.31. The molecular formula is C25H21F3O4. The maximum absolute atomic E-state index is 14.5. The van der Waals surface area contributed by atoms with E-state index in [1.165, 1.54) is 12.1 Å². The molecule has 3 aromatic carbocycles. The molecule has 0 unspecified atom stereocenters. The summed E-state index contributed by atoms with van der Waals surface area (Å²) in [6.07, 6.45) is 1.35. The second-order valence-electron chi connectivity index (χ2n) is 7.90. The molecule has 4 rings (SSSR count). The van der Waals surface area contributed by atoms with Gasteiger partial charge in [-0.2, -0.15) is 0 Å². The van der Waals surface area contributed by atoms with E-state index in [4.69, 9.17) is 14.6 Å². The van der Waals surface area contributed by atoms with E-state index < -0.39 is 23.4 Å². The van der Waals surface area contributed by atoms with Crippen molar-refractivity contribution in [1.29, 1.82) is 0 Å². The van der Waals surface area contributed by atoms with Crippen molar-refractivity contribution in [3.63, 3.8) is 0 Å². The number of aliphatic carboxylic acids is 1. The fourth-order valence-electron chi connectivity index (χ4n) is 3.70. The van der Waals surface area contributed by atoms with Crippen LogP contribution in [0.1, 0.15) is 29.9 Å². The third-order valence-electron chi connectivity index (χ3n) is 5.61. The molecule has 32 heavy (non-hydrogen) atoms. The topological polar surface area (TPSA) is 55.8 Å². The highest BCUT2D eigenvalue weighted by atomic mass is 19.2. The maximum Gasteiger partial charge on any atom is 0.329 e. The standard InChI is InChI=1S/C25H21F3O4/c1-14-2-7-18(11-22(14)26)32-20-10-21(25(28)23(27)12-20)16-5-3-15(4-6-16)17-8-19(9-17)31-13-24(29)30/h2-7,10-12,17,19H,8-9,13H2,1H3,(H,29,30). The lowest BCUT2D eigenvalue weighted by molar-refractivity contribution is -0.146. The number of ether oxygens (including phenoxy) is 2. The predicted molar refractivity (Wildman–Crippen MR) is 112 cm³/mol. The Bertz CT molecular complexity index is 1140. The third kappa shape index (κ3) is 4.78. The van der Waals surface area contributed by atoms with Gasteiger partial charge >= 0.3 is 5.97 Å². The van der Waals surface area contributed by atoms with Gasteiger partial charge in [0.25, 0.3) is 0 Å². The van der Waals surface area contributed by atoms with Crippen LogP contribution in [0.15, 0.2) is 54.6 Å². The molecule has 1 saturated carbocycles. The first kappa shape index (κ1) is 21.9.